The second kappa shape index (κ2) is 16.8. The number of hydrogen-bond donors (Lipinski definition) is 2. The molecule has 2 N–H and O–H groups in total. The van der Waals surface area contributed by atoms with Crippen LogP contribution in [-0.2, 0) is 14.2 Å². The number of hydrogen-bond acceptors (Lipinski definition) is 10. The van der Waals surface area contributed by atoms with Crippen LogP contribution in [0.1, 0.15) is 68.7 Å². The highest BCUT2D eigenvalue weighted by Gasteiger charge is 2.25. The van der Waals surface area contributed by atoms with E-state index in [9.17, 15) is 29.4 Å². The first-order chi connectivity index (χ1) is 26.0. The summed E-state index contributed by atoms with van der Waals surface area (Å²) in [5.41, 5.74) is 1.68. The van der Waals surface area contributed by atoms with Crippen LogP contribution in [-0.4, -0.2) is 86.4 Å². The molecule has 0 unspecified atom stereocenters. The van der Waals surface area contributed by atoms with Crippen molar-refractivity contribution in [3.05, 3.63) is 96.4 Å². The average molecular weight is 753 g/mol. The van der Waals surface area contributed by atoms with Gasteiger partial charge in [-0.2, -0.15) is 0 Å². The van der Waals surface area contributed by atoms with E-state index in [0.29, 0.717) is 23.4 Å². The lowest BCUT2D eigenvalue weighted by molar-refractivity contribution is 0.0540. The van der Waals surface area contributed by atoms with Gasteiger partial charge in [-0.3, -0.25) is 9.88 Å². The van der Waals surface area contributed by atoms with Crippen molar-refractivity contribution in [2.75, 3.05) is 31.3 Å². The summed E-state index contributed by atoms with van der Waals surface area (Å²) in [4.78, 5) is 59.4. The smallest absolute Gasteiger partial charge is 0.419 e. The zero-order chi connectivity index (χ0) is 39.9. The first-order valence-corrected chi connectivity index (χ1v) is 17.6. The number of carboxylic acid groups (broad SMARTS) is 2. The summed E-state index contributed by atoms with van der Waals surface area (Å²) in [6.45, 7) is 11.6. The van der Waals surface area contributed by atoms with Crippen LogP contribution in [0, 0.1) is 0 Å². The Labute approximate surface area is 318 Å². The number of nitrogens with zero attached hydrogens (tertiary/aromatic N) is 4. The molecule has 55 heavy (non-hydrogen) atoms. The summed E-state index contributed by atoms with van der Waals surface area (Å²) in [5.74, 6) is -2.11. The Morgan fingerprint density at radius 2 is 1.40 bits per heavy atom. The van der Waals surface area contributed by atoms with Gasteiger partial charge in [-0.25, -0.2) is 28.7 Å². The number of aromatic nitrogens is 3. The van der Waals surface area contributed by atoms with Crippen molar-refractivity contribution in [1.29, 1.82) is 0 Å². The Kier molecular flexibility index (Phi) is 12.2. The van der Waals surface area contributed by atoms with Gasteiger partial charge in [0.05, 0.1) is 48.3 Å². The number of anilines is 1. The number of carboxylic acids is 2. The molecule has 2 aromatic carbocycles. The predicted octanol–water partition coefficient (Wildman–Crippen LogP) is 8.17. The van der Waals surface area contributed by atoms with Crippen LogP contribution in [0.4, 0.5) is 15.4 Å². The van der Waals surface area contributed by atoms with Gasteiger partial charge in [0.25, 0.3) is 0 Å². The number of fused-ring (bicyclic) bond motifs is 1. The Balaban J connectivity index is 1.23. The van der Waals surface area contributed by atoms with Gasteiger partial charge in [-0.15, -0.1) is 0 Å². The summed E-state index contributed by atoms with van der Waals surface area (Å²) in [6, 6.07) is 18.8. The Hall–Kier alpha value is -6.28. The molecule has 1 amide bonds. The van der Waals surface area contributed by atoms with Gasteiger partial charge >= 0.3 is 24.1 Å². The van der Waals surface area contributed by atoms with Gasteiger partial charge in [0.2, 0.25) is 0 Å². The fourth-order valence-corrected chi connectivity index (χ4v) is 5.52. The van der Waals surface area contributed by atoms with Crippen LogP contribution in [0.2, 0.25) is 0 Å². The molecule has 0 saturated heterocycles. The highest BCUT2D eigenvalue weighted by Crippen LogP contribution is 2.31. The number of aromatic carboxylic acids is 2. The molecule has 0 aliphatic heterocycles. The molecule has 288 valence electrons. The molecule has 14 nitrogen and oxygen atoms in total. The van der Waals surface area contributed by atoms with Crippen molar-refractivity contribution in [1.82, 2.24) is 14.5 Å². The lowest BCUT2D eigenvalue weighted by atomic mass is 10.0. The van der Waals surface area contributed by atoms with Gasteiger partial charge in [0.15, 0.2) is 0 Å². The third-order valence-electron chi connectivity index (χ3n) is 7.95. The molecule has 5 rings (SSSR count). The normalized spacial score (nSPS) is 11.6. The average Bonchev–Trinajstić information content (AvgIpc) is 3.51. The minimum absolute atomic E-state index is 0.149. The summed E-state index contributed by atoms with van der Waals surface area (Å²) < 4.78 is 24.2. The molecule has 0 bridgehead atoms. The van der Waals surface area contributed by atoms with Crippen molar-refractivity contribution in [2.24, 2.45) is 0 Å². The second-order valence-electron chi connectivity index (χ2n) is 14.5. The molecular formula is C41H44N4O10. The van der Waals surface area contributed by atoms with E-state index in [1.807, 2.05) is 63.2 Å². The maximum atomic E-state index is 13.3. The molecule has 0 radical (unpaired) electrons. The molecule has 3 aromatic heterocycles. The number of carbonyl (C=O) groups is 4. The van der Waals surface area contributed by atoms with Crippen LogP contribution in [0.15, 0.2) is 85.3 Å². The van der Waals surface area contributed by atoms with E-state index in [1.165, 1.54) is 27.7 Å². The van der Waals surface area contributed by atoms with Crippen LogP contribution in [0.25, 0.3) is 33.3 Å². The highest BCUT2D eigenvalue weighted by atomic mass is 16.6. The van der Waals surface area contributed by atoms with Crippen molar-refractivity contribution in [2.45, 2.75) is 59.2 Å². The zero-order valence-corrected chi connectivity index (χ0v) is 31.6. The Morgan fingerprint density at radius 3 is 2.04 bits per heavy atom. The maximum Gasteiger partial charge on any atom is 0.419 e. The SMILES string of the molecule is CC(C)(C)OC(=O)N(CCOCCCOc1ccc(C(=O)O)c(C(=O)O)c1)c1ccc(-c2ccc(-c3cc4ccncc4n3C(=O)OC(C)(C)C)cc2)cn1. The van der Waals surface area contributed by atoms with Gasteiger partial charge in [0.1, 0.15) is 22.8 Å². The zero-order valence-electron chi connectivity index (χ0n) is 31.6. The molecule has 0 aliphatic rings. The van der Waals surface area contributed by atoms with E-state index in [-0.39, 0.29) is 43.2 Å². The topological polar surface area (TPSA) is 180 Å². The lowest BCUT2D eigenvalue weighted by Gasteiger charge is -2.27. The monoisotopic (exact) mass is 752 g/mol. The van der Waals surface area contributed by atoms with Crippen molar-refractivity contribution in [3.8, 4) is 28.1 Å². The minimum atomic E-state index is -1.36. The van der Waals surface area contributed by atoms with Gasteiger partial charge in [-0.1, -0.05) is 24.3 Å². The van der Waals surface area contributed by atoms with Crippen LogP contribution in [0.5, 0.6) is 5.75 Å². The molecule has 14 heteroatoms. The summed E-state index contributed by atoms with van der Waals surface area (Å²) >= 11 is 0. The number of carbonyl (C=O) groups excluding carboxylic acids is 2. The molecule has 0 saturated carbocycles. The molecular weight excluding hydrogens is 708 g/mol. The van der Waals surface area contributed by atoms with Crippen LogP contribution < -0.4 is 9.64 Å². The van der Waals surface area contributed by atoms with E-state index >= 15 is 0 Å². The number of ether oxygens (including phenoxy) is 4. The van der Waals surface area contributed by atoms with E-state index in [1.54, 1.807) is 45.4 Å². The fraction of sp³-hybridized carbons (Fsp3) is 0.317. The van der Waals surface area contributed by atoms with Gasteiger partial charge in [-0.05, 0) is 95.1 Å². The van der Waals surface area contributed by atoms with Gasteiger partial charge in [0, 0.05) is 36.4 Å². The maximum absolute atomic E-state index is 13.3. The van der Waals surface area contributed by atoms with Crippen molar-refractivity contribution >= 4 is 40.8 Å². The fourth-order valence-electron chi connectivity index (χ4n) is 5.52. The first kappa shape index (κ1) is 39.9. The largest absolute Gasteiger partial charge is 0.493 e. The third kappa shape index (κ3) is 10.4. The molecule has 3 heterocycles. The highest BCUT2D eigenvalue weighted by molar-refractivity contribution is 6.02. The Bertz CT molecular complexity index is 2160. The minimum Gasteiger partial charge on any atom is -0.493 e. The lowest BCUT2D eigenvalue weighted by Crippen LogP contribution is -2.39. The second-order valence-corrected chi connectivity index (χ2v) is 14.5. The van der Waals surface area contributed by atoms with Crippen molar-refractivity contribution < 1.29 is 48.3 Å². The number of amides is 1. The number of pyridine rings is 2. The van der Waals surface area contributed by atoms with Crippen molar-refractivity contribution in [3.63, 3.8) is 0 Å². The number of rotatable bonds is 13. The molecule has 0 spiro atoms. The molecule has 0 atom stereocenters. The molecule has 0 aliphatic carbocycles. The molecule has 0 fully saturated rings. The summed E-state index contributed by atoms with van der Waals surface area (Å²) in [6.07, 6.45) is 4.35. The standard InChI is InChI=1S/C41H44N4O10/c1-40(2,3)54-38(50)44(18-21-52-19-7-20-53-30-13-14-31(36(46)47)32(23-30)37(48)49)35-15-12-29(24-43-35)26-8-10-27(11-9-26)33-22-28-16-17-42-25-34(28)45(33)39(51)55-41(4,5)6/h8-17,22-25H,7,18-21H2,1-6H3,(H,46,47)(H,48,49). The van der Waals surface area contributed by atoms with E-state index in [4.69, 9.17) is 18.9 Å². The Morgan fingerprint density at radius 1 is 0.727 bits per heavy atom. The van der Waals surface area contributed by atoms with E-state index in [0.717, 1.165) is 22.1 Å². The third-order valence-corrected chi connectivity index (χ3v) is 7.95. The van der Waals surface area contributed by atoms with Gasteiger partial charge < -0.3 is 29.2 Å². The number of benzene rings is 2. The van der Waals surface area contributed by atoms with E-state index < -0.39 is 35.3 Å². The molecule has 5 aromatic rings. The summed E-state index contributed by atoms with van der Waals surface area (Å²) in [7, 11) is 0. The first-order valence-electron chi connectivity index (χ1n) is 17.6. The quantitative estimate of drug-likeness (QED) is 0.110. The van der Waals surface area contributed by atoms with Crippen LogP contribution >= 0.6 is 0 Å². The predicted molar refractivity (Wildman–Crippen MR) is 205 cm³/mol. The van der Waals surface area contributed by atoms with Crippen LogP contribution in [0.3, 0.4) is 0 Å². The van der Waals surface area contributed by atoms with E-state index in [2.05, 4.69) is 9.97 Å². The summed E-state index contributed by atoms with van der Waals surface area (Å²) in [5, 5.41) is 19.4.